The second-order valence-electron chi connectivity index (χ2n) is 12.9. The van der Waals surface area contributed by atoms with Crippen molar-refractivity contribution in [2.24, 2.45) is 0 Å². The molecule has 0 atom stereocenters. The molecule has 0 bridgehead atoms. The lowest BCUT2D eigenvalue weighted by molar-refractivity contribution is 0.673. The van der Waals surface area contributed by atoms with Crippen LogP contribution in [0, 0.1) is 0 Å². The van der Waals surface area contributed by atoms with Gasteiger partial charge in [0.1, 0.15) is 11.2 Å². The molecule has 1 heteroatoms. The van der Waals surface area contributed by atoms with Crippen LogP contribution in [0.4, 0.5) is 0 Å². The molecule has 0 unspecified atom stereocenters. The molecule has 0 radical (unpaired) electrons. The molecule has 11 aromatic rings. The summed E-state index contributed by atoms with van der Waals surface area (Å²) < 4.78 is 81.2. The Hall–Kier alpha value is -6.70. The maximum absolute atomic E-state index is 9.66. The molecule has 0 N–H and O–H groups in total. The molecular weight excluding hydrogens is 617 g/mol. The van der Waals surface area contributed by atoms with Crippen LogP contribution < -0.4 is 0 Å². The van der Waals surface area contributed by atoms with Crippen LogP contribution in [0.2, 0.25) is 0 Å². The molecule has 0 saturated carbocycles. The molecule has 10 aromatic carbocycles. The van der Waals surface area contributed by atoms with Crippen molar-refractivity contribution >= 4 is 75.8 Å². The number of rotatable bonds is 3. The summed E-state index contributed by atoms with van der Waals surface area (Å²) in [7, 11) is 0. The average molecular weight is 655 g/mol. The van der Waals surface area contributed by atoms with Crippen molar-refractivity contribution in [3.05, 3.63) is 182 Å². The summed E-state index contributed by atoms with van der Waals surface area (Å²) in [5, 5.41) is 7.90. The molecule has 0 aliphatic heterocycles. The average Bonchev–Trinajstić information content (AvgIpc) is 3.67. The van der Waals surface area contributed by atoms with Crippen LogP contribution in [0.15, 0.2) is 186 Å². The summed E-state index contributed by atoms with van der Waals surface area (Å²) >= 11 is 0. The van der Waals surface area contributed by atoms with E-state index in [-0.39, 0.29) is 45.7 Å². The van der Waals surface area contributed by atoms with Crippen LogP contribution in [0.1, 0.15) is 11.0 Å². The Labute approximate surface area is 305 Å². The number of fused-ring (bicyclic) bond motifs is 9. The number of hydrogen-bond acceptors (Lipinski definition) is 1. The monoisotopic (exact) mass is 654 g/mol. The van der Waals surface area contributed by atoms with E-state index in [1.165, 1.54) is 0 Å². The quantitative estimate of drug-likeness (QED) is 0.173. The van der Waals surface area contributed by atoms with Gasteiger partial charge in [-0.2, -0.15) is 0 Å². The second kappa shape index (κ2) is 10.9. The van der Waals surface area contributed by atoms with Crippen LogP contribution in [0.5, 0.6) is 0 Å². The van der Waals surface area contributed by atoms with E-state index in [2.05, 4.69) is 12.1 Å². The zero-order valence-corrected chi connectivity index (χ0v) is 27.1. The lowest BCUT2D eigenvalue weighted by atomic mass is 9.81. The maximum Gasteiger partial charge on any atom is 0.143 e. The molecule has 0 fully saturated rings. The van der Waals surface area contributed by atoms with E-state index in [1.807, 2.05) is 121 Å². The van der Waals surface area contributed by atoms with Crippen molar-refractivity contribution < 1.29 is 15.4 Å². The van der Waals surface area contributed by atoms with Crippen LogP contribution in [0.3, 0.4) is 0 Å². The highest BCUT2D eigenvalue weighted by molar-refractivity contribution is 6.27. The Morgan fingerprint density at radius 2 is 0.843 bits per heavy atom. The van der Waals surface area contributed by atoms with E-state index in [0.29, 0.717) is 27.8 Å². The third kappa shape index (κ3) is 4.09. The molecule has 1 heterocycles. The van der Waals surface area contributed by atoms with Gasteiger partial charge < -0.3 is 4.42 Å². The lowest BCUT2D eigenvalue weighted by Gasteiger charge is -2.21. The van der Waals surface area contributed by atoms with E-state index < -0.39 is 24.2 Å². The highest BCUT2D eigenvalue weighted by Gasteiger charge is 2.23. The maximum atomic E-state index is 9.66. The Morgan fingerprint density at radius 3 is 1.55 bits per heavy atom. The van der Waals surface area contributed by atoms with Gasteiger partial charge >= 0.3 is 0 Å². The van der Waals surface area contributed by atoms with E-state index in [1.54, 1.807) is 0 Å². The fraction of sp³-hybridized carbons (Fsp3) is 0. The largest absolute Gasteiger partial charge is 0.455 e. The van der Waals surface area contributed by atoms with Crippen molar-refractivity contribution in [1.82, 2.24) is 0 Å². The minimum absolute atomic E-state index is 0.170. The third-order valence-electron chi connectivity index (χ3n) is 10.3. The standard InChI is InChI=1S/C50H30O/c1-4-17-34-31(13-1)16-11-24-37(34)47-38-20-7-9-22-40(38)48(41-23-10-8-21-39(41)47)43-29-27-32-14-2-5-18-35(32)46(43)42-25-12-26-45-49(42)44-30-28-33-15-3-6-19-36(33)50(44)51-45/h1-30H/i7D,8D,9D,10D,20D,21D,22D,23D. The van der Waals surface area contributed by atoms with Crippen LogP contribution >= 0.6 is 0 Å². The first-order valence-electron chi connectivity index (χ1n) is 20.9. The first-order valence-corrected chi connectivity index (χ1v) is 16.9. The Kier molecular flexibility index (Phi) is 4.57. The van der Waals surface area contributed by atoms with Gasteiger partial charge in [-0.05, 0) is 94.0 Å². The number of benzene rings is 10. The molecule has 51 heavy (non-hydrogen) atoms. The predicted molar refractivity (Wildman–Crippen MR) is 218 cm³/mol. The zero-order valence-electron chi connectivity index (χ0n) is 35.1. The van der Waals surface area contributed by atoms with Gasteiger partial charge in [0, 0.05) is 16.2 Å². The number of furan rings is 1. The van der Waals surface area contributed by atoms with Gasteiger partial charge in [-0.15, -0.1) is 0 Å². The van der Waals surface area contributed by atoms with E-state index in [4.69, 9.17) is 9.90 Å². The molecule has 0 aliphatic carbocycles. The Balaban J connectivity index is 1.41. The number of hydrogen-bond donors (Lipinski definition) is 0. The molecule has 1 nitrogen and oxygen atoms in total. The first-order chi connectivity index (χ1) is 28.7. The van der Waals surface area contributed by atoms with Crippen molar-refractivity contribution in [1.29, 1.82) is 0 Å². The van der Waals surface area contributed by atoms with E-state index >= 15 is 0 Å². The minimum atomic E-state index is -0.440. The Morgan fingerprint density at radius 1 is 0.333 bits per heavy atom. The predicted octanol–water partition coefficient (Wildman–Crippen LogP) is 14.4. The van der Waals surface area contributed by atoms with Gasteiger partial charge in [0.05, 0.1) is 11.0 Å². The van der Waals surface area contributed by atoms with E-state index in [9.17, 15) is 5.48 Å². The molecule has 0 aliphatic rings. The van der Waals surface area contributed by atoms with Crippen LogP contribution in [0.25, 0.3) is 109 Å². The van der Waals surface area contributed by atoms with Crippen molar-refractivity contribution in [3.63, 3.8) is 0 Å². The molecular formula is C50H30O. The molecule has 1 aromatic heterocycles. The van der Waals surface area contributed by atoms with Gasteiger partial charge in [0.15, 0.2) is 0 Å². The van der Waals surface area contributed by atoms with Crippen molar-refractivity contribution in [2.75, 3.05) is 0 Å². The molecule has 236 valence electrons. The van der Waals surface area contributed by atoms with Gasteiger partial charge in [-0.25, -0.2) is 0 Å². The summed E-state index contributed by atoms with van der Waals surface area (Å²) in [6.45, 7) is 0. The second-order valence-corrected chi connectivity index (χ2v) is 12.9. The molecule has 0 spiro atoms. The molecule has 0 amide bonds. The lowest BCUT2D eigenvalue weighted by Crippen LogP contribution is -1.94. The SMILES string of the molecule is [2H]c1c([2H])c([2H])c2c(-c3cccc4ccccc34)c3c([2H])c([2H])c([2H])c([2H])c3c(-c3ccc4ccccc4c3-c3cccc4oc5c6ccccc6ccc5c34)c2c1[2H]. The summed E-state index contributed by atoms with van der Waals surface area (Å²) in [4.78, 5) is 0. The minimum Gasteiger partial charge on any atom is -0.455 e. The zero-order chi connectivity index (χ0) is 40.4. The van der Waals surface area contributed by atoms with Gasteiger partial charge in [0.25, 0.3) is 0 Å². The summed E-state index contributed by atoms with van der Waals surface area (Å²) in [6.07, 6.45) is 0. The van der Waals surface area contributed by atoms with Gasteiger partial charge in [-0.3, -0.25) is 0 Å². The molecule has 0 saturated heterocycles. The first kappa shape index (κ1) is 21.4. The third-order valence-corrected chi connectivity index (χ3v) is 10.3. The van der Waals surface area contributed by atoms with Crippen molar-refractivity contribution in [3.8, 4) is 33.4 Å². The van der Waals surface area contributed by atoms with Crippen LogP contribution in [-0.2, 0) is 0 Å². The highest BCUT2D eigenvalue weighted by atomic mass is 16.3. The Bertz CT molecular complexity index is 3580. The summed E-state index contributed by atoms with van der Waals surface area (Å²) in [5.41, 5.74) is 4.74. The summed E-state index contributed by atoms with van der Waals surface area (Å²) in [5.74, 6) is 0. The van der Waals surface area contributed by atoms with Gasteiger partial charge in [-0.1, -0.05) is 170 Å². The smallest absolute Gasteiger partial charge is 0.143 e. The fourth-order valence-corrected chi connectivity index (χ4v) is 8.14. The topological polar surface area (TPSA) is 13.1 Å². The normalized spacial score (nSPS) is 14.1. The highest BCUT2D eigenvalue weighted by Crippen LogP contribution is 2.50. The van der Waals surface area contributed by atoms with E-state index in [0.717, 1.165) is 59.8 Å². The fourth-order valence-electron chi connectivity index (χ4n) is 8.14. The van der Waals surface area contributed by atoms with Crippen molar-refractivity contribution in [2.45, 2.75) is 0 Å². The molecule has 11 rings (SSSR count). The summed E-state index contributed by atoms with van der Waals surface area (Å²) in [6, 6.07) is 40.3. The van der Waals surface area contributed by atoms with Gasteiger partial charge in [0.2, 0.25) is 0 Å². The van der Waals surface area contributed by atoms with Crippen LogP contribution in [-0.4, -0.2) is 0 Å².